The molecule has 2 heterocycles. The Labute approximate surface area is 201 Å². The van der Waals surface area contributed by atoms with E-state index in [2.05, 4.69) is 58.4 Å². The van der Waals surface area contributed by atoms with Crippen LogP contribution in [0.1, 0.15) is 33.1 Å². The van der Waals surface area contributed by atoms with Crippen molar-refractivity contribution in [1.29, 1.82) is 0 Å². The number of amides is 1. The van der Waals surface area contributed by atoms with Gasteiger partial charge in [0.1, 0.15) is 0 Å². The van der Waals surface area contributed by atoms with E-state index in [1.54, 1.807) is 0 Å². The minimum absolute atomic E-state index is 0.0444. The second-order valence-corrected chi connectivity index (χ2v) is 9.00. The number of nitrogens with zero attached hydrogens (tertiary/aromatic N) is 2. The minimum atomic E-state index is -0.0447. The zero-order chi connectivity index (χ0) is 23.5. The molecule has 2 aliphatic heterocycles. The monoisotopic (exact) mass is 457 g/mol. The normalized spacial score (nSPS) is 16.4. The van der Waals surface area contributed by atoms with Crippen LogP contribution in [-0.4, -0.2) is 50.3 Å². The maximum absolute atomic E-state index is 13.0. The van der Waals surface area contributed by atoms with Crippen LogP contribution in [0, 0.1) is 13.8 Å². The zero-order valence-corrected chi connectivity index (χ0v) is 19.8. The summed E-state index contributed by atoms with van der Waals surface area (Å²) in [6.07, 6.45) is 0. The van der Waals surface area contributed by atoms with Crippen LogP contribution in [0.25, 0.3) is 0 Å². The molecular formula is C28H31N3O3. The largest absolute Gasteiger partial charge is 0.454 e. The molecular weight excluding hydrogens is 426 g/mol. The van der Waals surface area contributed by atoms with Gasteiger partial charge in [0.2, 0.25) is 6.79 Å². The summed E-state index contributed by atoms with van der Waals surface area (Å²) in [6.45, 7) is 8.57. The molecule has 1 atom stereocenters. The van der Waals surface area contributed by atoms with E-state index in [1.165, 1.54) is 11.3 Å². The van der Waals surface area contributed by atoms with Crippen molar-refractivity contribution in [2.45, 2.75) is 19.9 Å². The molecule has 1 fully saturated rings. The standard InChI is InChI=1S/C28H31N3O3/c1-20-8-9-23(16-21(20)2)28(32)29-18-25(22-10-11-26-27(17-22)34-19-33-26)31-14-12-30(13-15-31)24-6-4-3-5-7-24/h3-11,16-17,25H,12-15,18-19H2,1-2H3,(H,29,32)/t25-/m1/s1. The number of aryl methyl sites for hydroxylation is 2. The molecule has 3 aromatic carbocycles. The molecule has 0 saturated carbocycles. The fraction of sp³-hybridized carbons (Fsp3) is 0.321. The van der Waals surface area contributed by atoms with E-state index in [-0.39, 0.29) is 18.7 Å². The number of para-hydroxylation sites is 1. The molecule has 0 spiro atoms. The minimum Gasteiger partial charge on any atom is -0.454 e. The summed E-state index contributed by atoms with van der Waals surface area (Å²) in [5.74, 6) is 1.50. The second kappa shape index (κ2) is 9.77. The lowest BCUT2D eigenvalue weighted by Gasteiger charge is -2.40. The van der Waals surface area contributed by atoms with Crippen LogP contribution in [0.5, 0.6) is 11.5 Å². The lowest BCUT2D eigenvalue weighted by molar-refractivity contribution is 0.0930. The van der Waals surface area contributed by atoms with Gasteiger partial charge in [-0.15, -0.1) is 0 Å². The number of anilines is 1. The van der Waals surface area contributed by atoms with Crippen molar-refractivity contribution in [1.82, 2.24) is 10.2 Å². The Morgan fingerprint density at radius 1 is 0.882 bits per heavy atom. The fourth-order valence-corrected chi connectivity index (χ4v) is 4.68. The van der Waals surface area contributed by atoms with E-state index in [0.29, 0.717) is 12.1 Å². The summed E-state index contributed by atoms with van der Waals surface area (Å²) in [7, 11) is 0. The highest BCUT2D eigenvalue weighted by molar-refractivity contribution is 5.94. The van der Waals surface area contributed by atoms with Gasteiger partial charge >= 0.3 is 0 Å². The molecule has 3 aromatic rings. The Balaban J connectivity index is 1.32. The molecule has 0 aromatic heterocycles. The number of rotatable bonds is 6. The topological polar surface area (TPSA) is 54.0 Å². The van der Waals surface area contributed by atoms with Crippen LogP contribution < -0.4 is 19.7 Å². The quantitative estimate of drug-likeness (QED) is 0.597. The molecule has 0 unspecified atom stereocenters. The Bertz CT molecular complexity index is 1160. The highest BCUT2D eigenvalue weighted by Crippen LogP contribution is 2.35. The Morgan fingerprint density at radius 3 is 2.41 bits per heavy atom. The van der Waals surface area contributed by atoms with Gasteiger partial charge in [-0.1, -0.05) is 30.3 Å². The molecule has 0 bridgehead atoms. The van der Waals surface area contributed by atoms with Crippen molar-refractivity contribution in [3.63, 3.8) is 0 Å². The maximum atomic E-state index is 13.0. The van der Waals surface area contributed by atoms with Crippen molar-refractivity contribution >= 4 is 11.6 Å². The Morgan fingerprint density at radius 2 is 1.65 bits per heavy atom. The van der Waals surface area contributed by atoms with Crippen LogP contribution in [-0.2, 0) is 0 Å². The molecule has 2 aliphatic rings. The number of carbonyl (C=O) groups excluding carboxylic acids is 1. The maximum Gasteiger partial charge on any atom is 0.251 e. The number of benzene rings is 3. The summed E-state index contributed by atoms with van der Waals surface area (Å²) in [5, 5.41) is 3.19. The van der Waals surface area contributed by atoms with E-state index >= 15 is 0 Å². The van der Waals surface area contributed by atoms with Gasteiger partial charge in [-0.25, -0.2) is 0 Å². The van der Waals surface area contributed by atoms with Gasteiger partial charge in [0.05, 0.1) is 6.04 Å². The average molecular weight is 458 g/mol. The molecule has 6 heteroatoms. The Kier molecular flexibility index (Phi) is 6.41. The average Bonchev–Trinajstić information content (AvgIpc) is 3.35. The molecule has 1 amide bonds. The number of fused-ring (bicyclic) bond motifs is 1. The van der Waals surface area contributed by atoms with Gasteiger partial charge in [0.15, 0.2) is 11.5 Å². The fourth-order valence-electron chi connectivity index (χ4n) is 4.68. The first kappa shape index (κ1) is 22.3. The molecule has 1 saturated heterocycles. The van der Waals surface area contributed by atoms with E-state index in [9.17, 15) is 4.79 Å². The number of hydrogen-bond donors (Lipinski definition) is 1. The van der Waals surface area contributed by atoms with E-state index in [0.717, 1.165) is 48.8 Å². The van der Waals surface area contributed by atoms with Crippen LogP contribution in [0.2, 0.25) is 0 Å². The van der Waals surface area contributed by atoms with Gasteiger partial charge in [-0.05, 0) is 66.9 Å². The number of nitrogens with one attached hydrogen (secondary N) is 1. The van der Waals surface area contributed by atoms with E-state index in [4.69, 9.17) is 9.47 Å². The van der Waals surface area contributed by atoms with Gasteiger partial charge < -0.3 is 19.7 Å². The van der Waals surface area contributed by atoms with Gasteiger partial charge in [-0.2, -0.15) is 0 Å². The summed E-state index contributed by atoms with van der Waals surface area (Å²) in [6, 6.07) is 22.5. The van der Waals surface area contributed by atoms with Gasteiger partial charge in [0.25, 0.3) is 5.91 Å². The van der Waals surface area contributed by atoms with Crippen LogP contribution in [0.4, 0.5) is 5.69 Å². The molecule has 1 N–H and O–H groups in total. The zero-order valence-electron chi connectivity index (χ0n) is 19.8. The predicted octanol–water partition coefficient (Wildman–Crippen LogP) is 4.33. The molecule has 6 nitrogen and oxygen atoms in total. The van der Waals surface area contributed by atoms with Crippen molar-refractivity contribution in [3.05, 3.63) is 89.0 Å². The highest BCUT2D eigenvalue weighted by Gasteiger charge is 2.27. The smallest absolute Gasteiger partial charge is 0.251 e. The number of ether oxygens (including phenoxy) is 2. The highest BCUT2D eigenvalue weighted by atomic mass is 16.7. The van der Waals surface area contributed by atoms with E-state index in [1.807, 2.05) is 37.3 Å². The first-order valence-corrected chi connectivity index (χ1v) is 11.9. The molecule has 0 radical (unpaired) electrons. The summed E-state index contributed by atoms with van der Waals surface area (Å²) < 4.78 is 11.1. The summed E-state index contributed by atoms with van der Waals surface area (Å²) in [5.41, 5.74) is 5.38. The third-order valence-corrected chi connectivity index (χ3v) is 6.88. The molecule has 34 heavy (non-hydrogen) atoms. The molecule has 0 aliphatic carbocycles. The van der Waals surface area contributed by atoms with Crippen LogP contribution in [0.15, 0.2) is 66.7 Å². The predicted molar refractivity (Wildman–Crippen MR) is 134 cm³/mol. The van der Waals surface area contributed by atoms with Crippen molar-refractivity contribution < 1.29 is 14.3 Å². The summed E-state index contributed by atoms with van der Waals surface area (Å²) in [4.78, 5) is 17.8. The van der Waals surface area contributed by atoms with Gasteiger partial charge in [-0.3, -0.25) is 9.69 Å². The van der Waals surface area contributed by atoms with Crippen molar-refractivity contribution in [2.24, 2.45) is 0 Å². The number of piperazine rings is 1. The third kappa shape index (κ3) is 4.73. The third-order valence-electron chi connectivity index (χ3n) is 6.88. The van der Waals surface area contributed by atoms with Gasteiger partial charge in [0, 0.05) is 44.0 Å². The van der Waals surface area contributed by atoms with Crippen molar-refractivity contribution in [3.8, 4) is 11.5 Å². The lowest BCUT2D eigenvalue weighted by atomic mass is 10.0. The Hall–Kier alpha value is -3.51. The van der Waals surface area contributed by atoms with Crippen LogP contribution >= 0.6 is 0 Å². The second-order valence-electron chi connectivity index (χ2n) is 9.00. The number of carbonyl (C=O) groups is 1. The van der Waals surface area contributed by atoms with Crippen LogP contribution in [0.3, 0.4) is 0 Å². The first-order chi connectivity index (χ1) is 16.6. The van der Waals surface area contributed by atoms with Crippen molar-refractivity contribution in [2.75, 3.05) is 44.4 Å². The molecule has 5 rings (SSSR count). The summed E-state index contributed by atoms with van der Waals surface area (Å²) >= 11 is 0. The van der Waals surface area contributed by atoms with E-state index < -0.39 is 0 Å². The molecule has 176 valence electrons. The number of hydrogen-bond acceptors (Lipinski definition) is 5. The lowest BCUT2D eigenvalue weighted by Crippen LogP contribution is -2.50. The first-order valence-electron chi connectivity index (χ1n) is 11.9. The SMILES string of the molecule is Cc1ccc(C(=O)NC[C@H](c2ccc3c(c2)OCO3)N2CCN(c3ccccc3)CC2)cc1C.